The first kappa shape index (κ1) is 19.4. The summed E-state index contributed by atoms with van der Waals surface area (Å²) in [5, 5.41) is 0. The molecule has 8 atom stereocenters. The Hall–Kier alpha value is -0.330. The highest BCUT2D eigenvalue weighted by Crippen LogP contribution is 2.64. The monoisotopic (exact) mass is 346 g/mol. The molecule has 0 amide bonds. The first-order valence-corrected chi connectivity index (χ1v) is 11.6. The van der Waals surface area contributed by atoms with Crippen LogP contribution in [0.1, 0.15) is 98.3 Å². The molecule has 1 nitrogen and oxygen atoms in total. The van der Waals surface area contributed by atoms with Crippen LogP contribution in [0.25, 0.3) is 0 Å². The number of aldehydes is 1. The molecule has 144 valence electrons. The van der Waals surface area contributed by atoms with E-state index in [2.05, 4.69) is 13.8 Å². The van der Waals surface area contributed by atoms with Crippen LogP contribution in [-0.2, 0) is 4.79 Å². The predicted octanol–water partition coefficient (Wildman–Crippen LogP) is 6.90. The maximum atomic E-state index is 11.1. The number of hydrogen-bond donors (Lipinski definition) is 0. The van der Waals surface area contributed by atoms with Gasteiger partial charge >= 0.3 is 0 Å². The van der Waals surface area contributed by atoms with E-state index in [1.165, 1.54) is 64.1 Å². The molecule has 0 radical (unpaired) electrons. The van der Waals surface area contributed by atoms with E-state index in [0.717, 1.165) is 41.9 Å². The van der Waals surface area contributed by atoms with Gasteiger partial charge in [-0.1, -0.05) is 40.5 Å². The average Bonchev–Trinajstić information content (AvgIpc) is 2.99. The highest BCUT2D eigenvalue weighted by Gasteiger charge is 2.56. The predicted molar refractivity (Wildman–Crippen MR) is 106 cm³/mol. The average molecular weight is 347 g/mol. The van der Waals surface area contributed by atoms with E-state index in [0.29, 0.717) is 11.3 Å². The van der Waals surface area contributed by atoms with Gasteiger partial charge in [-0.05, 0) is 98.2 Å². The Morgan fingerprint density at radius 2 is 1.68 bits per heavy atom. The van der Waals surface area contributed by atoms with Crippen molar-refractivity contribution < 1.29 is 4.79 Å². The summed E-state index contributed by atoms with van der Waals surface area (Å²) in [6, 6.07) is 0. The maximum absolute atomic E-state index is 11.1. The van der Waals surface area contributed by atoms with Crippen molar-refractivity contribution >= 4 is 6.29 Å². The van der Waals surface area contributed by atoms with Gasteiger partial charge in [0.2, 0.25) is 0 Å². The molecule has 4 rings (SSSR count). The van der Waals surface area contributed by atoms with Gasteiger partial charge in [0.1, 0.15) is 6.29 Å². The van der Waals surface area contributed by atoms with Crippen LogP contribution in [-0.4, -0.2) is 6.29 Å². The van der Waals surface area contributed by atoms with Crippen LogP contribution in [0.5, 0.6) is 0 Å². The Balaban J connectivity index is 0.000000880. The Bertz CT molecular complexity index is 443. The van der Waals surface area contributed by atoms with Crippen molar-refractivity contribution in [2.75, 3.05) is 0 Å². The fourth-order valence-corrected chi connectivity index (χ4v) is 7.93. The zero-order valence-electron chi connectivity index (χ0n) is 17.3. The molecule has 0 aromatic carbocycles. The van der Waals surface area contributed by atoms with E-state index in [1.807, 2.05) is 13.8 Å². The summed E-state index contributed by atoms with van der Waals surface area (Å²) in [5.41, 5.74) is 0.496. The van der Waals surface area contributed by atoms with Gasteiger partial charge in [-0.2, -0.15) is 0 Å². The van der Waals surface area contributed by atoms with Crippen LogP contribution in [0, 0.1) is 46.8 Å². The van der Waals surface area contributed by atoms with Crippen LogP contribution < -0.4 is 0 Å². The van der Waals surface area contributed by atoms with Crippen molar-refractivity contribution in [3.8, 4) is 0 Å². The Morgan fingerprint density at radius 1 is 0.920 bits per heavy atom. The largest absolute Gasteiger partial charge is 0.303 e. The smallest absolute Gasteiger partial charge is 0.120 e. The van der Waals surface area contributed by atoms with Crippen molar-refractivity contribution in [2.24, 2.45) is 46.8 Å². The zero-order chi connectivity index (χ0) is 18.0. The van der Waals surface area contributed by atoms with Crippen molar-refractivity contribution in [3.05, 3.63) is 0 Å². The summed E-state index contributed by atoms with van der Waals surface area (Å²) in [6.07, 6.45) is 16.7. The van der Waals surface area contributed by atoms with Crippen LogP contribution in [0.3, 0.4) is 0 Å². The molecule has 0 bridgehead atoms. The lowest BCUT2D eigenvalue weighted by molar-refractivity contribution is -0.111. The number of hydrogen-bond acceptors (Lipinski definition) is 1. The summed E-state index contributed by atoms with van der Waals surface area (Å²) in [6.45, 7) is 8.95. The standard InChI is InChI=1S/C22H36O.C2H6/c1-3-15-4-7-18-16(14-15)5-8-20-19(18)10-12-22(2)17(11-13-23)6-9-21(20)22;1-2/h13,15-21H,3-12,14H2,1-2H3;1-2H3/t15-,16?,17?,18-,19?,20+,21?,22+;/m0./s1. The molecule has 1 heteroatoms. The van der Waals surface area contributed by atoms with E-state index in [-0.39, 0.29) is 0 Å². The van der Waals surface area contributed by atoms with Gasteiger partial charge in [0.15, 0.2) is 0 Å². The molecule has 0 heterocycles. The fraction of sp³-hybridized carbons (Fsp3) is 0.958. The molecule has 0 aromatic rings. The lowest BCUT2D eigenvalue weighted by Gasteiger charge is -2.56. The lowest BCUT2D eigenvalue weighted by atomic mass is 9.49. The molecule has 4 aliphatic carbocycles. The van der Waals surface area contributed by atoms with Crippen molar-refractivity contribution in [1.82, 2.24) is 0 Å². The molecule has 0 N–H and O–H groups in total. The molecule has 0 saturated heterocycles. The Kier molecular flexibility index (Phi) is 6.32. The molecule has 0 spiro atoms. The number of rotatable bonds is 3. The van der Waals surface area contributed by atoms with Crippen molar-refractivity contribution in [3.63, 3.8) is 0 Å². The minimum absolute atomic E-state index is 0.496. The van der Waals surface area contributed by atoms with Crippen molar-refractivity contribution in [2.45, 2.75) is 98.3 Å². The van der Waals surface area contributed by atoms with Crippen LogP contribution in [0.4, 0.5) is 0 Å². The lowest BCUT2D eigenvalue weighted by Crippen LogP contribution is -2.48. The zero-order valence-corrected chi connectivity index (χ0v) is 17.3. The Labute approximate surface area is 156 Å². The topological polar surface area (TPSA) is 17.1 Å². The molecule has 0 aromatic heterocycles. The van der Waals surface area contributed by atoms with Gasteiger partial charge in [0.25, 0.3) is 0 Å². The molecule has 25 heavy (non-hydrogen) atoms. The van der Waals surface area contributed by atoms with Crippen LogP contribution >= 0.6 is 0 Å². The molecule has 4 saturated carbocycles. The van der Waals surface area contributed by atoms with Gasteiger partial charge in [-0.15, -0.1) is 0 Å². The normalized spacial score (nSPS) is 48.4. The summed E-state index contributed by atoms with van der Waals surface area (Å²) < 4.78 is 0. The van der Waals surface area contributed by atoms with E-state index in [1.54, 1.807) is 6.42 Å². The first-order valence-electron chi connectivity index (χ1n) is 11.6. The van der Waals surface area contributed by atoms with E-state index in [9.17, 15) is 4.79 Å². The molecule has 4 unspecified atom stereocenters. The number of carbonyl (C=O) groups excluding carboxylic acids is 1. The van der Waals surface area contributed by atoms with Gasteiger partial charge < -0.3 is 4.79 Å². The molecular weight excluding hydrogens is 304 g/mol. The SMILES string of the molecule is CC.CC[C@H]1CC[C@H]2C(CC[C@@H]3C2CC[C@]2(C)C(CC=O)CCC32)C1. The van der Waals surface area contributed by atoms with Gasteiger partial charge in [-0.3, -0.25) is 0 Å². The van der Waals surface area contributed by atoms with E-state index < -0.39 is 0 Å². The quantitative estimate of drug-likeness (QED) is 0.508. The Morgan fingerprint density at radius 3 is 2.40 bits per heavy atom. The summed E-state index contributed by atoms with van der Waals surface area (Å²) in [4.78, 5) is 11.1. The van der Waals surface area contributed by atoms with Gasteiger partial charge in [-0.25, -0.2) is 0 Å². The first-order chi connectivity index (χ1) is 12.2. The summed E-state index contributed by atoms with van der Waals surface area (Å²) >= 11 is 0. The third-order valence-corrected chi connectivity index (χ3v) is 9.22. The second kappa shape index (κ2) is 8.13. The summed E-state index contributed by atoms with van der Waals surface area (Å²) in [5.74, 6) is 6.84. The van der Waals surface area contributed by atoms with Gasteiger partial charge in [0, 0.05) is 6.42 Å². The second-order valence-electron chi connectivity index (χ2n) is 9.74. The van der Waals surface area contributed by atoms with Gasteiger partial charge in [0.05, 0.1) is 0 Å². The minimum Gasteiger partial charge on any atom is -0.303 e. The fourth-order valence-electron chi connectivity index (χ4n) is 7.93. The number of fused-ring (bicyclic) bond motifs is 5. The molecule has 4 aliphatic rings. The second-order valence-corrected chi connectivity index (χ2v) is 9.74. The summed E-state index contributed by atoms with van der Waals surface area (Å²) in [7, 11) is 0. The van der Waals surface area contributed by atoms with E-state index >= 15 is 0 Å². The molecular formula is C24H42O. The highest BCUT2D eigenvalue weighted by molar-refractivity contribution is 5.50. The molecule has 4 fully saturated rings. The van der Waals surface area contributed by atoms with Crippen molar-refractivity contribution in [1.29, 1.82) is 0 Å². The van der Waals surface area contributed by atoms with Crippen LogP contribution in [0.2, 0.25) is 0 Å². The third kappa shape index (κ3) is 3.34. The minimum atomic E-state index is 0.496. The number of carbonyl (C=O) groups is 1. The third-order valence-electron chi connectivity index (χ3n) is 9.22. The maximum Gasteiger partial charge on any atom is 0.120 e. The van der Waals surface area contributed by atoms with E-state index in [4.69, 9.17) is 0 Å². The highest BCUT2D eigenvalue weighted by atomic mass is 16.1. The molecule has 0 aliphatic heterocycles. The van der Waals surface area contributed by atoms with Crippen LogP contribution in [0.15, 0.2) is 0 Å².